The Kier molecular flexibility index (Phi) is 5.46. The van der Waals surface area contributed by atoms with Crippen molar-refractivity contribution in [2.24, 2.45) is 0 Å². The van der Waals surface area contributed by atoms with Crippen LogP contribution in [0.15, 0.2) is 11.5 Å². The van der Waals surface area contributed by atoms with Gasteiger partial charge in [0.1, 0.15) is 6.54 Å². The van der Waals surface area contributed by atoms with Gasteiger partial charge >= 0.3 is 5.97 Å². The third-order valence-electron chi connectivity index (χ3n) is 3.25. The summed E-state index contributed by atoms with van der Waals surface area (Å²) in [7, 11) is 0. The average Bonchev–Trinajstić information content (AvgIpc) is 2.88. The molecule has 0 spiro atoms. The highest BCUT2D eigenvalue weighted by Gasteiger charge is 2.26. The largest absolute Gasteiger partial charge is 0.480 e. The van der Waals surface area contributed by atoms with E-state index in [1.807, 2.05) is 12.3 Å². The molecule has 0 atom stereocenters. The lowest BCUT2D eigenvalue weighted by atomic mass is 10.1. The van der Waals surface area contributed by atoms with Crippen molar-refractivity contribution >= 4 is 29.3 Å². The minimum Gasteiger partial charge on any atom is -0.480 e. The van der Waals surface area contributed by atoms with Crippen molar-refractivity contribution < 1.29 is 19.4 Å². The van der Waals surface area contributed by atoms with Gasteiger partial charge in [-0.25, -0.2) is 4.98 Å². The van der Waals surface area contributed by atoms with Gasteiger partial charge in [0, 0.05) is 30.7 Å². The highest BCUT2D eigenvalue weighted by atomic mass is 32.1. The molecule has 0 radical (unpaired) electrons. The Labute approximate surface area is 127 Å². The summed E-state index contributed by atoms with van der Waals surface area (Å²) in [5.41, 5.74) is 0.716. The highest BCUT2D eigenvalue weighted by Crippen LogP contribution is 2.16. The van der Waals surface area contributed by atoms with Crippen LogP contribution in [0, 0.1) is 6.92 Å². The number of aromatic nitrogens is 1. The Morgan fingerprint density at radius 3 is 2.81 bits per heavy atom. The van der Waals surface area contributed by atoms with Gasteiger partial charge in [-0.05, 0) is 25.8 Å². The van der Waals surface area contributed by atoms with Crippen LogP contribution in [-0.2, 0) is 14.3 Å². The van der Waals surface area contributed by atoms with Gasteiger partial charge in [-0.2, -0.15) is 0 Å². The smallest absolute Gasteiger partial charge is 0.323 e. The maximum atomic E-state index is 12.3. The molecule has 0 saturated carbocycles. The molecule has 7 heteroatoms. The standard InChI is InChI=1S/C14H18N2O4S/c1-10-15-11(9-21-10)2-3-13(17)16(8-14(18)19)12-4-6-20-7-5-12/h2-3,9,12H,4-8H2,1H3,(H,18,19)/b3-2-. The second-order valence-electron chi connectivity index (χ2n) is 4.83. The minimum absolute atomic E-state index is 0.0795. The quantitative estimate of drug-likeness (QED) is 0.835. The fraction of sp³-hybridized carbons (Fsp3) is 0.500. The van der Waals surface area contributed by atoms with E-state index in [1.54, 1.807) is 6.08 Å². The van der Waals surface area contributed by atoms with E-state index >= 15 is 0 Å². The Morgan fingerprint density at radius 2 is 2.24 bits per heavy atom. The lowest BCUT2D eigenvalue weighted by molar-refractivity contribution is -0.145. The number of nitrogens with zero attached hydrogens (tertiary/aromatic N) is 2. The van der Waals surface area contributed by atoms with Crippen molar-refractivity contribution in [1.29, 1.82) is 0 Å². The van der Waals surface area contributed by atoms with E-state index in [0.717, 1.165) is 5.01 Å². The number of rotatable bonds is 5. The molecule has 1 saturated heterocycles. The normalized spacial score (nSPS) is 16.2. The molecule has 1 aromatic heterocycles. The van der Waals surface area contributed by atoms with Crippen LogP contribution >= 0.6 is 11.3 Å². The van der Waals surface area contributed by atoms with Gasteiger partial charge < -0.3 is 14.7 Å². The molecule has 2 rings (SSSR count). The third-order valence-corrected chi connectivity index (χ3v) is 4.05. The highest BCUT2D eigenvalue weighted by molar-refractivity contribution is 7.09. The Bertz CT molecular complexity index is 535. The van der Waals surface area contributed by atoms with E-state index < -0.39 is 5.97 Å². The first-order valence-electron chi connectivity index (χ1n) is 6.76. The molecule has 114 valence electrons. The van der Waals surface area contributed by atoms with Crippen LogP contribution in [0.1, 0.15) is 23.5 Å². The summed E-state index contributed by atoms with van der Waals surface area (Å²) in [5, 5.41) is 11.8. The van der Waals surface area contributed by atoms with Crippen LogP contribution in [0.25, 0.3) is 6.08 Å². The van der Waals surface area contributed by atoms with Crippen LogP contribution in [0.2, 0.25) is 0 Å². The molecule has 1 N–H and O–H groups in total. The molecular weight excluding hydrogens is 292 g/mol. The maximum absolute atomic E-state index is 12.3. The molecule has 0 aromatic carbocycles. The summed E-state index contributed by atoms with van der Waals surface area (Å²) >= 11 is 1.51. The summed E-state index contributed by atoms with van der Waals surface area (Å²) < 4.78 is 5.25. The maximum Gasteiger partial charge on any atom is 0.323 e. The van der Waals surface area contributed by atoms with E-state index in [4.69, 9.17) is 9.84 Å². The number of amides is 1. The predicted octanol–water partition coefficient (Wildman–Crippen LogP) is 1.56. The van der Waals surface area contributed by atoms with E-state index in [2.05, 4.69) is 4.98 Å². The van der Waals surface area contributed by atoms with Gasteiger partial charge in [0.15, 0.2) is 0 Å². The first kappa shape index (κ1) is 15.7. The molecule has 0 bridgehead atoms. The van der Waals surface area contributed by atoms with Crippen molar-refractivity contribution in [2.45, 2.75) is 25.8 Å². The number of hydrogen-bond donors (Lipinski definition) is 1. The van der Waals surface area contributed by atoms with Crippen molar-refractivity contribution in [1.82, 2.24) is 9.88 Å². The molecule has 6 nitrogen and oxygen atoms in total. The number of carboxylic acid groups (broad SMARTS) is 1. The lowest BCUT2D eigenvalue weighted by Crippen LogP contribution is -2.45. The van der Waals surface area contributed by atoms with Crippen LogP contribution in [0.5, 0.6) is 0 Å². The number of aliphatic carboxylic acids is 1. The molecule has 1 amide bonds. The number of carbonyl (C=O) groups excluding carboxylic acids is 1. The van der Waals surface area contributed by atoms with Crippen molar-refractivity contribution in [3.05, 3.63) is 22.2 Å². The summed E-state index contributed by atoms with van der Waals surface area (Å²) in [5.74, 6) is -1.30. The van der Waals surface area contributed by atoms with E-state index in [9.17, 15) is 9.59 Å². The lowest BCUT2D eigenvalue weighted by Gasteiger charge is -2.32. The molecule has 0 aliphatic carbocycles. The van der Waals surface area contributed by atoms with Gasteiger partial charge in [-0.3, -0.25) is 9.59 Å². The van der Waals surface area contributed by atoms with Gasteiger partial charge in [0.05, 0.1) is 10.7 Å². The zero-order valence-corrected chi connectivity index (χ0v) is 12.6. The molecular formula is C14H18N2O4S. The number of carboxylic acids is 1. The summed E-state index contributed by atoms with van der Waals surface area (Å²) in [6, 6.07) is -0.0795. The first-order valence-corrected chi connectivity index (χ1v) is 7.64. The van der Waals surface area contributed by atoms with Crippen LogP contribution < -0.4 is 0 Å². The van der Waals surface area contributed by atoms with Gasteiger partial charge in [0.2, 0.25) is 5.91 Å². The SMILES string of the molecule is Cc1nc(/C=C\C(=O)N(CC(=O)O)C2CCOCC2)cs1. The molecule has 2 heterocycles. The Balaban J connectivity index is 2.05. The van der Waals surface area contributed by atoms with Gasteiger partial charge in [-0.15, -0.1) is 11.3 Å². The Hall–Kier alpha value is -1.73. The van der Waals surface area contributed by atoms with Crippen LogP contribution in [-0.4, -0.2) is 52.7 Å². The van der Waals surface area contributed by atoms with Crippen molar-refractivity contribution in [3.63, 3.8) is 0 Å². The zero-order valence-electron chi connectivity index (χ0n) is 11.8. The topological polar surface area (TPSA) is 79.7 Å². The van der Waals surface area contributed by atoms with E-state index in [0.29, 0.717) is 31.7 Å². The zero-order chi connectivity index (χ0) is 15.2. The number of carbonyl (C=O) groups is 2. The summed E-state index contributed by atoms with van der Waals surface area (Å²) in [4.78, 5) is 28.9. The van der Waals surface area contributed by atoms with Crippen LogP contribution in [0.3, 0.4) is 0 Å². The first-order chi connectivity index (χ1) is 10.1. The fourth-order valence-corrected chi connectivity index (χ4v) is 2.82. The second kappa shape index (κ2) is 7.33. The summed E-state index contributed by atoms with van der Waals surface area (Å²) in [6.45, 7) is 2.72. The molecule has 1 fully saturated rings. The fourth-order valence-electron chi connectivity index (χ4n) is 2.24. The second-order valence-corrected chi connectivity index (χ2v) is 5.89. The predicted molar refractivity (Wildman–Crippen MR) is 79.1 cm³/mol. The summed E-state index contributed by atoms with van der Waals surface area (Å²) in [6.07, 6.45) is 4.36. The number of ether oxygens (including phenoxy) is 1. The van der Waals surface area contributed by atoms with Crippen molar-refractivity contribution in [3.8, 4) is 0 Å². The third kappa shape index (κ3) is 4.64. The molecule has 1 aromatic rings. The average molecular weight is 310 g/mol. The molecule has 1 aliphatic heterocycles. The van der Waals surface area contributed by atoms with E-state index in [1.165, 1.54) is 22.3 Å². The minimum atomic E-state index is -1.01. The Morgan fingerprint density at radius 1 is 1.52 bits per heavy atom. The van der Waals surface area contributed by atoms with Crippen molar-refractivity contribution in [2.75, 3.05) is 19.8 Å². The van der Waals surface area contributed by atoms with Crippen LogP contribution in [0.4, 0.5) is 0 Å². The molecule has 1 aliphatic rings. The number of hydrogen-bond acceptors (Lipinski definition) is 5. The van der Waals surface area contributed by atoms with E-state index in [-0.39, 0.29) is 18.5 Å². The number of aryl methyl sites for hydroxylation is 1. The molecule has 21 heavy (non-hydrogen) atoms. The molecule has 0 unspecified atom stereocenters. The van der Waals surface area contributed by atoms with Gasteiger partial charge in [-0.1, -0.05) is 0 Å². The number of thiazole rings is 1. The monoisotopic (exact) mass is 310 g/mol. The van der Waals surface area contributed by atoms with Gasteiger partial charge in [0.25, 0.3) is 0 Å².